The Balaban J connectivity index is 0.000000720. The van der Waals surface area contributed by atoms with Gasteiger partial charge in [-0.05, 0) is 6.92 Å². The Morgan fingerprint density at radius 2 is 2.25 bits per heavy atom. The molecule has 0 saturated carbocycles. The summed E-state index contributed by atoms with van der Waals surface area (Å²) in [5.74, 6) is 0. The molecular formula is C8H14ClN3. The lowest BCUT2D eigenvalue weighted by atomic mass is 10.1. The summed E-state index contributed by atoms with van der Waals surface area (Å²) in [6.07, 6.45) is 1.12. The minimum atomic E-state index is 0. The molecule has 1 N–H and O–H groups in total. The first kappa shape index (κ1) is 9.55. The third-order valence-electron chi connectivity index (χ3n) is 2.32. The standard InChI is InChI=1S/C8H13N3.ClH/c1-6-7-5-9-4-3-8(7)11(2)10-6;/h9H,3-5H2,1-2H3;1H. The molecule has 1 aromatic rings. The van der Waals surface area contributed by atoms with Gasteiger partial charge in [-0.25, -0.2) is 0 Å². The van der Waals surface area contributed by atoms with Gasteiger partial charge in [0.2, 0.25) is 0 Å². The Morgan fingerprint density at radius 1 is 1.50 bits per heavy atom. The van der Waals surface area contributed by atoms with E-state index in [4.69, 9.17) is 0 Å². The van der Waals surface area contributed by atoms with Crippen molar-refractivity contribution in [2.45, 2.75) is 19.9 Å². The SMILES string of the molecule is Cc1nn(C)c2c1CNCC2.Cl. The number of nitrogens with one attached hydrogen (secondary N) is 1. The fourth-order valence-electron chi connectivity index (χ4n) is 1.71. The topological polar surface area (TPSA) is 29.9 Å². The molecule has 4 heteroatoms. The van der Waals surface area contributed by atoms with Crippen LogP contribution in [0.4, 0.5) is 0 Å². The molecule has 68 valence electrons. The molecule has 0 aromatic carbocycles. The number of halogens is 1. The lowest BCUT2D eigenvalue weighted by Crippen LogP contribution is -2.24. The summed E-state index contributed by atoms with van der Waals surface area (Å²) in [4.78, 5) is 0. The van der Waals surface area contributed by atoms with E-state index in [1.807, 2.05) is 11.7 Å². The van der Waals surface area contributed by atoms with Gasteiger partial charge in [0.1, 0.15) is 0 Å². The van der Waals surface area contributed by atoms with Gasteiger partial charge in [-0.2, -0.15) is 5.10 Å². The molecule has 1 aromatic heterocycles. The molecule has 1 aliphatic rings. The van der Waals surface area contributed by atoms with E-state index in [1.54, 1.807) is 0 Å². The van der Waals surface area contributed by atoms with Gasteiger partial charge in [-0.3, -0.25) is 4.68 Å². The molecule has 0 atom stereocenters. The number of hydrogen-bond donors (Lipinski definition) is 1. The molecule has 0 radical (unpaired) electrons. The third kappa shape index (κ3) is 1.34. The quantitative estimate of drug-likeness (QED) is 0.651. The number of fused-ring (bicyclic) bond motifs is 1. The number of hydrogen-bond acceptors (Lipinski definition) is 2. The predicted molar refractivity (Wildman–Crippen MR) is 50.6 cm³/mol. The van der Waals surface area contributed by atoms with Crippen molar-refractivity contribution in [3.63, 3.8) is 0 Å². The average Bonchev–Trinajstić information content (AvgIpc) is 2.30. The van der Waals surface area contributed by atoms with Gasteiger partial charge in [0.05, 0.1) is 5.69 Å². The van der Waals surface area contributed by atoms with Crippen LogP contribution in [0.5, 0.6) is 0 Å². The van der Waals surface area contributed by atoms with Crippen LogP contribution in [0, 0.1) is 6.92 Å². The lowest BCUT2D eigenvalue weighted by molar-refractivity contribution is 0.604. The Labute approximate surface area is 78.6 Å². The van der Waals surface area contributed by atoms with E-state index < -0.39 is 0 Å². The Morgan fingerprint density at radius 3 is 2.92 bits per heavy atom. The Bertz CT molecular complexity index is 254. The van der Waals surface area contributed by atoms with Crippen molar-refractivity contribution in [3.8, 4) is 0 Å². The maximum absolute atomic E-state index is 4.37. The summed E-state index contributed by atoms with van der Waals surface area (Å²) in [6, 6.07) is 0. The zero-order valence-electron chi connectivity index (χ0n) is 7.42. The highest BCUT2D eigenvalue weighted by Crippen LogP contribution is 2.15. The minimum Gasteiger partial charge on any atom is -0.312 e. The number of rotatable bonds is 0. The normalized spacial score (nSPS) is 15.2. The van der Waals surface area contributed by atoms with Crippen molar-refractivity contribution in [1.82, 2.24) is 15.1 Å². The fraction of sp³-hybridized carbons (Fsp3) is 0.625. The van der Waals surface area contributed by atoms with E-state index in [0.717, 1.165) is 19.5 Å². The van der Waals surface area contributed by atoms with Crippen molar-refractivity contribution < 1.29 is 0 Å². The van der Waals surface area contributed by atoms with Gasteiger partial charge in [0.15, 0.2) is 0 Å². The largest absolute Gasteiger partial charge is 0.312 e. The van der Waals surface area contributed by atoms with Crippen LogP contribution in [-0.4, -0.2) is 16.3 Å². The van der Waals surface area contributed by atoms with Crippen molar-refractivity contribution >= 4 is 12.4 Å². The van der Waals surface area contributed by atoms with Crippen molar-refractivity contribution in [3.05, 3.63) is 17.0 Å². The van der Waals surface area contributed by atoms with E-state index in [-0.39, 0.29) is 12.4 Å². The Hall–Kier alpha value is -0.540. The van der Waals surface area contributed by atoms with Gasteiger partial charge >= 0.3 is 0 Å². The highest BCUT2D eigenvalue weighted by molar-refractivity contribution is 5.85. The van der Waals surface area contributed by atoms with Crippen LogP contribution in [0.15, 0.2) is 0 Å². The summed E-state index contributed by atoms with van der Waals surface area (Å²) < 4.78 is 2.01. The van der Waals surface area contributed by atoms with Crippen LogP contribution < -0.4 is 5.32 Å². The molecule has 0 spiro atoms. The molecule has 0 unspecified atom stereocenters. The van der Waals surface area contributed by atoms with E-state index in [1.165, 1.54) is 17.0 Å². The molecule has 0 aliphatic carbocycles. The molecule has 2 heterocycles. The summed E-state index contributed by atoms with van der Waals surface area (Å²) in [5.41, 5.74) is 3.98. The molecule has 3 nitrogen and oxygen atoms in total. The second-order valence-corrected chi connectivity index (χ2v) is 3.06. The summed E-state index contributed by atoms with van der Waals surface area (Å²) in [7, 11) is 2.02. The maximum Gasteiger partial charge on any atom is 0.0641 e. The molecule has 0 amide bonds. The second-order valence-electron chi connectivity index (χ2n) is 3.06. The second kappa shape index (κ2) is 3.46. The molecule has 0 fully saturated rings. The van der Waals surface area contributed by atoms with E-state index in [2.05, 4.69) is 17.3 Å². The maximum atomic E-state index is 4.37. The van der Waals surface area contributed by atoms with Crippen LogP contribution in [-0.2, 0) is 20.0 Å². The molecule has 12 heavy (non-hydrogen) atoms. The van der Waals surface area contributed by atoms with Gasteiger partial charge in [0.25, 0.3) is 0 Å². The number of aryl methyl sites for hydroxylation is 2. The number of nitrogens with zero attached hydrogens (tertiary/aromatic N) is 2. The van der Waals surface area contributed by atoms with Crippen molar-refractivity contribution in [1.29, 1.82) is 0 Å². The van der Waals surface area contributed by atoms with Crippen LogP contribution in [0.25, 0.3) is 0 Å². The van der Waals surface area contributed by atoms with Gasteiger partial charge in [0, 0.05) is 37.8 Å². The van der Waals surface area contributed by atoms with Crippen LogP contribution >= 0.6 is 12.4 Å². The first-order valence-corrected chi connectivity index (χ1v) is 4.01. The average molecular weight is 188 g/mol. The highest BCUT2D eigenvalue weighted by Gasteiger charge is 2.15. The summed E-state index contributed by atoms with van der Waals surface area (Å²) >= 11 is 0. The van der Waals surface area contributed by atoms with Crippen LogP contribution in [0.3, 0.4) is 0 Å². The van der Waals surface area contributed by atoms with E-state index >= 15 is 0 Å². The fourth-order valence-corrected chi connectivity index (χ4v) is 1.71. The van der Waals surface area contributed by atoms with Gasteiger partial charge in [-0.15, -0.1) is 12.4 Å². The Kier molecular flexibility index (Phi) is 2.75. The minimum absolute atomic E-state index is 0. The van der Waals surface area contributed by atoms with Crippen molar-refractivity contribution in [2.75, 3.05) is 6.54 Å². The molecule has 2 rings (SSSR count). The van der Waals surface area contributed by atoms with Crippen LogP contribution in [0.1, 0.15) is 17.0 Å². The van der Waals surface area contributed by atoms with Crippen molar-refractivity contribution in [2.24, 2.45) is 7.05 Å². The highest BCUT2D eigenvalue weighted by atomic mass is 35.5. The first-order valence-electron chi connectivity index (χ1n) is 4.01. The zero-order valence-corrected chi connectivity index (χ0v) is 8.24. The summed E-state index contributed by atoms with van der Waals surface area (Å²) in [6.45, 7) is 4.16. The lowest BCUT2D eigenvalue weighted by Gasteiger charge is -2.13. The van der Waals surface area contributed by atoms with Crippen LogP contribution in [0.2, 0.25) is 0 Å². The van der Waals surface area contributed by atoms with Gasteiger partial charge in [-0.1, -0.05) is 0 Å². The molecule has 1 aliphatic heterocycles. The third-order valence-corrected chi connectivity index (χ3v) is 2.32. The van der Waals surface area contributed by atoms with Gasteiger partial charge < -0.3 is 5.32 Å². The summed E-state index contributed by atoms with van der Waals surface area (Å²) in [5, 5.41) is 7.71. The predicted octanol–water partition coefficient (Wildman–Crippen LogP) is 0.796. The first-order chi connectivity index (χ1) is 5.29. The zero-order chi connectivity index (χ0) is 7.84. The van der Waals surface area contributed by atoms with E-state index in [9.17, 15) is 0 Å². The number of aromatic nitrogens is 2. The molecule has 0 saturated heterocycles. The smallest absolute Gasteiger partial charge is 0.0641 e. The monoisotopic (exact) mass is 187 g/mol. The molecule has 0 bridgehead atoms. The van der Waals surface area contributed by atoms with E-state index in [0.29, 0.717) is 0 Å². The molecular weight excluding hydrogens is 174 g/mol.